The van der Waals surface area contributed by atoms with Crippen LogP contribution >= 0.6 is 0 Å². The van der Waals surface area contributed by atoms with Crippen LogP contribution in [0.25, 0.3) is 0 Å². The zero-order valence-corrected chi connectivity index (χ0v) is 31.7. The Bertz CT molecular complexity index is 2080. The topological polar surface area (TPSA) is 140 Å². The van der Waals surface area contributed by atoms with Gasteiger partial charge in [0.15, 0.2) is 29.2 Å². The standard InChI is InChI=1S/C42H46N4O9/c1-25-9-11-28(12-10-25)24-55-42(50)46-33-20-38(36(52-5)18-31(33)40(48)45-23-27(3)16-34(45)41(46)49)54-14-8-6-7-13-53-37-19-32-30(17-35(37)51-4)39(47)44-22-26(2)15-29(44)21-43-32/h9-12,17-23,29,34,41,49H,6-8,13-16,24H2,1-5H3/t29?,34-,41-/m0/s1. The number of fused-ring (bicyclic) bond motifs is 4. The van der Waals surface area contributed by atoms with Gasteiger partial charge in [0.25, 0.3) is 11.8 Å². The van der Waals surface area contributed by atoms with Crippen LogP contribution in [-0.4, -0.2) is 84.8 Å². The largest absolute Gasteiger partial charge is 0.493 e. The number of rotatable bonds is 12. The van der Waals surface area contributed by atoms with Crippen LogP contribution in [0.5, 0.6) is 23.0 Å². The number of aliphatic hydroxyl groups excluding tert-OH is 1. The number of amides is 3. The Morgan fingerprint density at radius 1 is 0.782 bits per heavy atom. The van der Waals surface area contributed by atoms with E-state index in [1.807, 2.05) is 57.5 Å². The fourth-order valence-corrected chi connectivity index (χ4v) is 7.32. The molecular weight excluding hydrogens is 704 g/mol. The zero-order valence-electron chi connectivity index (χ0n) is 31.7. The summed E-state index contributed by atoms with van der Waals surface area (Å²) in [7, 11) is 3.03. The van der Waals surface area contributed by atoms with Crippen molar-refractivity contribution in [2.75, 3.05) is 32.3 Å². The highest BCUT2D eigenvalue weighted by atomic mass is 16.6. The van der Waals surface area contributed by atoms with Gasteiger partial charge in [-0.15, -0.1) is 0 Å². The van der Waals surface area contributed by atoms with Crippen molar-refractivity contribution in [1.82, 2.24) is 9.80 Å². The molecule has 0 spiro atoms. The van der Waals surface area contributed by atoms with Crippen LogP contribution in [0.2, 0.25) is 0 Å². The second-order valence-corrected chi connectivity index (χ2v) is 14.3. The first kappa shape index (κ1) is 37.5. The number of carbonyl (C=O) groups excluding carboxylic acids is 3. The molecule has 0 aliphatic carbocycles. The van der Waals surface area contributed by atoms with E-state index in [0.717, 1.165) is 40.0 Å². The van der Waals surface area contributed by atoms with Crippen molar-refractivity contribution in [3.8, 4) is 23.0 Å². The van der Waals surface area contributed by atoms with E-state index in [2.05, 4.69) is 4.99 Å². The minimum Gasteiger partial charge on any atom is -0.493 e. The number of anilines is 1. The molecule has 1 N–H and O–H groups in total. The molecule has 0 saturated carbocycles. The molecule has 4 aliphatic heterocycles. The number of hydrogen-bond donors (Lipinski definition) is 1. The summed E-state index contributed by atoms with van der Waals surface area (Å²) in [5.41, 5.74) is 5.26. The number of nitrogens with zero attached hydrogens (tertiary/aromatic N) is 4. The second kappa shape index (κ2) is 15.9. The van der Waals surface area contributed by atoms with Gasteiger partial charge in [0.2, 0.25) is 0 Å². The Labute approximate surface area is 320 Å². The third-order valence-corrected chi connectivity index (χ3v) is 10.2. The number of hydrogen-bond acceptors (Lipinski definition) is 10. The van der Waals surface area contributed by atoms with Crippen molar-refractivity contribution >= 4 is 35.5 Å². The van der Waals surface area contributed by atoms with Gasteiger partial charge in [0.05, 0.1) is 62.0 Å². The highest BCUT2D eigenvalue weighted by Gasteiger charge is 2.45. The van der Waals surface area contributed by atoms with Crippen molar-refractivity contribution < 1.29 is 43.2 Å². The number of ether oxygens (including phenoxy) is 5. The summed E-state index contributed by atoms with van der Waals surface area (Å²) >= 11 is 0. The fourth-order valence-electron chi connectivity index (χ4n) is 7.32. The summed E-state index contributed by atoms with van der Waals surface area (Å²) < 4.78 is 29.2. The quantitative estimate of drug-likeness (QED) is 0.193. The summed E-state index contributed by atoms with van der Waals surface area (Å²) in [6.45, 7) is 6.56. The van der Waals surface area contributed by atoms with E-state index in [1.165, 1.54) is 12.0 Å². The molecule has 55 heavy (non-hydrogen) atoms. The third-order valence-electron chi connectivity index (χ3n) is 10.2. The summed E-state index contributed by atoms with van der Waals surface area (Å²) in [4.78, 5) is 49.8. The van der Waals surface area contributed by atoms with Gasteiger partial charge >= 0.3 is 6.09 Å². The molecule has 13 heteroatoms. The highest BCUT2D eigenvalue weighted by molar-refractivity contribution is 6.06. The molecule has 3 amide bonds. The van der Waals surface area contributed by atoms with Crippen LogP contribution in [0.1, 0.15) is 77.8 Å². The average Bonchev–Trinajstić information content (AvgIpc) is 3.72. The van der Waals surface area contributed by atoms with E-state index >= 15 is 0 Å². The van der Waals surface area contributed by atoms with Gasteiger partial charge in [0, 0.05) is 30.7 Å². The number of benzene rings is 3. The van der Waals surface area contributed by atoms with Crippen LogP contribution in [0, 0.1) is 6.92 Å². The molecule has 3 aromatic rings. The lowest BCUT2D eigenvalue weighted by molar-refractivity contribution is 0.0544. The molecular formula is C42H46N4O9. The normalized spacial score (nSPS) is 19.7. The average molecular weight is 751 g/mol. The minimum absolute atomic E-state index is 0.00984. The molecule has 288 valence electrons. The molecule has 0 aromatic heterocycles. The summed E-state index contributed by atoms with van der Waals surface area (Å²) in [6, 6.07) is 13.4. The van der Waals surface area contributed by atoms with E-state index in [1.54, 1.807) is 42.5 Å². The van der Waals surface area contributed by atoms with Crippen molar-refractivity contribution in [2.24, 2.45) is 4.99 Å². The van der Waals surface area contributed by atoms with Gasteiger partial charge in [-0.3, -0.25) is 14.6 Å². The predicted octanol–water partition coefficient (Wildman–Crippen LogP) is 7.07. The molecule has 7 rings (SSSR count). The Kier molecular flexibility index (Phi) is 10.8. The maximum Gasteiger partial charge on any atom is 0.416 e. The van der Waals surface area contributed by atoms with Crippen LogP contribution in [0.3, 0.4) is 0 Å². The molecule has 4 aliphatic rings. The predicted molar refractivity (Wildman–Crippen MR) is 205 cm³/mol. The van der Waals surface area contributed by atoms with Gasteiger partial charge in [-0.05, 0) is 70.6 Å². The smallest absolute Gasteiger partial charge is 0.416 e. The van der Waals surface area contributed by atoms with Gasteiger partial charge in [0.1, 0.15) is 6.61 Å². The molecule has 13 nitrogen and oxygen atoms in total. The molecule has 3 atom stereocenters. The molecule has 0 saturated heterocycles. The van der Waals surface area contributed by atoms with Crippen LogP contribution in [0.4, 0.5) is 16.2 Å². The molecule has 0 fully saturated rings. The van der Waals surface area contributed by atoms with E-state index in [0.29, 0.717) is 66.7 Å². The first-order valence-corrected chi connectivity index (χ1v) is 18.5. The minimum atomic E-state index is -1.38. The van der Waals surface area contributed by atoms with Gasteiger partial charge in [-0.25, -0.2) is 9.69 Å². The number of unbranched alkanes of at least 4 members (excludes halogenated alkanes) is 2. The summed E-state index contributed by atoms with van der Waals surface area (Å²) in [5.74, 6) is 1.12. The fraction of sp³-hybridized carbons (Fsp3) is 0.381. The Balaban J connectivity index is 1.00. The Hall–Kier alpha value is -5.82. The third kappa shape index (κ3) is 7.61. The second-order valence-electron chi connectivity index (χ2n) is 14.3. The molecule has 1 unspecified atom stereocenters. The number of aliphatic hydroxyl groups is 1. The van der Waals surface area contributed by atoms with Gasteiger partial charge in [-0.2, -0.15) is 0 Å². The van der Waals surface area contributed by atoms with Gasteiger partial charge in [-0.1, -0.05) is 41.0 Å². The maximum atomic E-state index is 13.9. The lowest BCUT2D eigenvalue weighted by atomic mass is 10.1. The number of aliphatic imine (C=N–C) groups is 1. The molecule has 3 aromatic carbocycles. The van der Waals surface area contributed by atoms with Crippen molar-refractivity contribution in [3.05, 3.63) is 94.3 Å². The Morgan fingerprint density at radius 3 is 2.09 bits per heavy atom. The first-order valence-electron chi connectivity index (χ1n) is 18.5. The van der Waals surface area contributed by atoms with Crippen molar-refractivity contribution in [3.63, 3.8) is 0 Å². The first-order chi connectivity index (χ1) is 26.6. The highest BCUT2D eigenvalue weighted by Crippen LogP contribution is 2.42. The van der Waals surface area contributed by atoms with Gasteiger partial charge < -0.3 is 38.6 Å². The van der Waals surface area contributed by atoms with Crippen molar-refractivity contribution in [2.45, 2.75) is 77.8 Å². The molecule has 4 heterocycles. The SMILES string of the molecule is COc1cc2c(cc1OCCCCCOc1cc3c(cc1OC)C(=O)N1C=C(C)C[C@H]1[C@H](O)N3C(=O)OCc1ccc(C)cc1)N=CC1CC(C)=CN1C2=O. The van der Waals surface area contributed by atoms with Crippen LogP contribution in [-0.2, 0) is 11.3 Å². The number of aryl methyl sites for hydroxylation is 1. The zero-order chi connectivity index (χ0) is 38.8. The van der Waals surface area contributed by atoms with E-state index in [9.17, 15) is 19.5 Å². The van der Waals surface area contributed by atoms with E-state index in [4.69, 9.17) is 23.7 Å². The number of methoxy groups -OCH3 is 2. The van der Waals surface area contributed by atoms with Crippen LogP contribution in [0.15, 0.2) is 77.1 Å². The Morgan fingerprint density at radius 2 is 1.40 bits per heavy atom. The van der Waals surface area contributed by atoms with E-state index < -0.39 is 18.4 Å². The maximum absolute atomic E-state index is 13.9. The van der Waals surface area contributed by atoms with Crippen molar-refractivity contribution in [1.29, 1.82) is 0 Å². The molecule has 0 radical (unpaired) electrons. The summed E-state index contributed by atoms with van der Waals surface area (Å²) in [6.07, 6.45) is 6.52. The number of carbonyl (C=O) groups is 3. The lowest BCUT2D eigenvalue weighted by Gasteiger charge is -2.31. The molecule has 0 bridgehead atoms. The monoisotopic (exact) mass is 750 g/mol. The lowest BCUT2D eigenvalue weighted by Crippen LogP contribution is -2.50. The van der Waals surface area contributed by atoms with E-state index in [-0.39, 0.29) is 35.7 Å². The summed E-state index contributed by atoms with van der Waals surface area (Å²) in [5, 5.41) is 11.6. The van der Waals surface area contributed by atoms with Crippen LogP contribution < -0.4 is 23.8 Å².